The second kappa shape index (κ2) is 9.31. The molecule has 0 unspecified atom stereocenters. The Balaban J connectivity index is 1.60. The lowest BCUT2D eigenvalue weighted by atomic mass is 10.1. The molecule has 0 aliphatic carbocycles. The number of aromatic amines is 1. The van der Waals surface area contributed by atoms with Crippen LogP contribution in [0.3, 0.4) is 0 Å². The highest BCUT2D eigenvalue weighted by atomic mass is 32.1. The molecule has 0 saturated heterocycles. The van der Waals surface area contributed by atoms with E-state index in [9.17, 15) is 9.59 Å². The van der Waals surface area contributed by atoms with Gasteiger partial charge in [-0.25, -0.2) is 4.79 Å². The van der Waals surface area contributed by atoms with Crippen molar-refractivity contribution in [3.05, 3.63) is 51.6 Å². The Morgan fingerprint density at radius 3 is 2.73 bits per heavy atom. The number of nitrogens with one attached hydrogen (secondary N) is 2. The fourth-order valence-corrected chi connectivity index (χ4v) is 4.46. The van der Waals surface area contributed by atoms with Crippen LogP contribution in [-0.2, 0) is 11.2 Å². The summed E-state index contributed by atoms with van der Waals surface area (Å²) in [6.45, 7) is 6.01. The first-order chi connectivity index (χ1) is 15.8. The number of benzene rings is 1. The molecule has 1 amide bonds. The number of hydrogen-bond donors (Lipinski definition) is 2. The van der Waals surface area contributed by atoms with Gasteiger partial charge in [-0.3, -0.25) is 4.79 Å². The smallest absolute Gasteiger partial charge is 0.407 e. The molecule has 3 aromatic heterocycles. The van der Waals surface area contributed by atoms with Crippen molar-refractivity contribution in [2.45, 2.75) is 45.6 Å². The summed E-state index contributed by atoms with van der Waals surface area (Å²) >= 11 is 1.57. The van der Waals surface area contributed by atoms with Crippen molar-refractivity contribution in [3.63, 3.8) is 0 Å². The van der Waals surface area contributed by atoms with Crippen LogP contribution in [0.2, 0.25) is 0 Å². The van der Waals surface area contributed by atoms with E-state index in [1.807, 2.05) is 38.3 Å². The summed E-state index contributed by atoms with van der Waals surface area (Å²) in [5.41, 5.74) is 2.14. The number of H-pyrrole nitrogens is 1. The van der Waals surface area contributed by atoms with Crippen LogP contribution in [0.15, 0.2) is 44.9 Å². The third kappa shape index (κ3) is 5.06. The molecular weight excluding hydrogens is 440 g/mol. The number of alkyl carbamates (subject to hydrolysis) is 1. The quantitative estimate of drug-likeness (QED) is 0.331. The summed E-state index contributed by atoms with van der Waals surface area (Å²) in [6.07, 6.45) is 1.82. The molecule has 8 heteroatoms. The lowest BCUT2D eigenvalue weighted by Crippen LogP contribution is -2.33. The number of unbranched alkanes of at least 4 members (excludes halogenated alkanes) is 1. The zero-order valence-corrected chi connectivity index (χ0v) is 20.1. The van der Waals surface area contributed by atoms with Crippen molar-refractivity contribution in [2.75, 3.05) is 13.7 Å². The fraction of sp³-hybridized carbons (Fsp3) is 0.360. The van der Waals surface area contributed by atoms with Gasteiger partial charge < -0.3 is 24.2 Å². The number of carbonyl (C=O) groups is 1. The van der Waals surface area contributed by atoms with Crippen LogP contribution in [0.5, 0.6) is 5.75 Å². The summed E-state index contributed by atoms with van der Waals surface area (Å²) in [7, 11) is 1.58. The van der Waals surface area contributed by atoms with Gasteiger partial charge in [0.2, 0.25) is 5.43 Å². The molecule has 2 N–H and O–H groups in total. The third-order valence-electron chi connectivity index (χ3n) is 5.19. The van der Waals surface area contributed by atoms with Crippen molar-refractivity contribution in [1.82, 2.24) is 10.3 Å². The van der Waals surface area contributed by atoms with Gasteiger partial charge in [0.1, 0.15) is 16.9 Å². The maximum atomic E-state index is 13.4. The molecule has 4 rings (SSSR count). The number of ether oxygens (including phenoxy) is 2. The summed E-state index contributed by atoms with van der Waals surface area (Å²) in [5, 5.41) is 5.85. The van der Waals surface area contributed by atoms with Crippen LogP contribution < -0.4 is 15.5 Å². The van der Waals surface area contributed by atoms with Gasteiger partial charge in [-0.15, -0.1) is 11.3 Å². The molecule has 0 radical (unpaired) electrons. The maximum absolute atomic E-state index is 13.4. The van der Waals surface area contributed by atoms with Crippen LogP contribution >= 0.6 is 11.3 Å². The largest absolute Gasteiger partial charge is 0.497 e. The van der Waals surface area contributed by atoms with E-state index in [-0.39, 0.29) is 5.43 Å². The molecule has 0 bridgehead atoms. The van der Waals surface area contributed by atoms with E-state index in [1.54, 1.807) is 36.6 Å². The number of methoxy groups -OCH3 is 1. The van der Waals surface area contributed by atoms with E-state index in [0.717, 1.165) is 29.1 Å². The molecule has 4 aromatic rings. The minimum Gasteiger partial charge on any atom is -0.497 e. The molecule has 0 spiro atoms. The Morgan fingerprint density at radius 1 is 1.21 bits per heavy atom. The van der Waals surface area contributed by atoms with Gasteiger partial charge in [0.05, 0.1) is 34.1 Å². The van der Waals surface area contributed by atoms with Gasteiger partial charge in [-0.05, 0) is 63.6 Å². The van der Waals surface area contributed by atoms with Crippen LogP contribution in [0, 0.1) is 0 Å². The number of rotatable bonds is 7. The Hall–Kier alpha value is -3.26. The predicted molar refractivity (Wildman–Crippen MR) is 131 cm³/mol. The lowest BCUT2D eigenvalue weighted by Gasteiger charge is -2.19. The van der Waals surface area contributed by atoms with E-state index >= 15 is 0 Å². The van der Waals surface area contributed by atoms with Crippen LogP contribution in [0.4, 0.5) is 4.79 Å². The van der Waals surface area contributed by atoms with Gasteiger partial charge in [0.15, 0.2) is 5.58 Å². The third-order valence-corrected chi connectivity index (χ3v) is 6.08. The van der Waals surface area contributed by atoms with E-state index in [1.165, 1.54) is 0 Å². The van der Waals surface area contributed by atoms with Crippen LogP contribution in [0.25, 0.3) is 32.5 Å². The summed E-state index contributed by atoms with van der Waals surface area (Å²) < 4.78 is 16.8. The van der Waals surface area contributed by atoms with Crippen molar-refractivity contribution in [3.8, 4) is 16.3 Å². The number of aryl methyl sites for hydroxylation is 1. The average molecular weight is 469 g/mol. The predicted octanol–water partition coefficient (Wildman–Crippen LogP) is 5.86. The monoisotopic (exact) mass is 468 g/mol. The molecule has 0 aliphatic rings. The first-order valence-electron chi connectivity index (χ1n) is 10.9. The number of carbonyl (C=O) groups excluding carboxylic acids is 1. The zero-order valence-electron chi connectivity index (χ0n) is 19.2. The molecule has 174 valence electrons. The van der Waals surface area contributed by atoms with E-state index in [0.29, 0.717) is 40.7 Å². The highest BCUT2D eigenvalue weighted by molar-refractivity contribution is 7.13. The van der Waals surface area contributed by atoms with E-state index in [2.05, 4.69) is 10.3 Å². The lowest BCUT2D eigenvalue weighted by molar-refractivity contribution is 0.0527. The van der Waals surface area contributed by atoms with Crippen molar-refractivity contribution in [1.29, 1.82) is 0 Å². The number of fused-ring (bicyclic) bond motifs is 2. The SMILES string of the molecule is COc1ccc2c(=O)c3c(-c4cccs4)[nH]c(CCCCNC(=O)OC(C)(C)C)c3oc2c1. The summed E-state index contributed by atoms with van der Waals surface area (Å²) in [5.74, 6) is 0.633. The molecule has 0 fully saturated rings. The minimum absolute atomic E-state index is 0.0635. The van der Waals surface area contributed by atoms with Gasteiger partial charge in [0, 0.05) is 12.6 Å². The normalized spacial score (nSPS) is 11.8. The summed E-state index contributed by atoms with van der Waals surface area (Å²) in [4.78, 5) is 29.6. The van der Waals surface area contributed by atoms with E-state index < -0.39 is 11.7 Å². The number of aromatic nitrogens is 1. The molecule has 3 heterocycles. The molecule has 33 heavy (non-hydrogen) atoms. The molecule has 7 nitrogen and oxygen atoms in total. The number of amides is 1. The number of thiophene rings is 1. The highest BCUT2D eigenvalue weighted by Crippen LogP contribution is 2.34. The van der Waals surface area contributed by atoms with E-state index in [4.69, 9.17) is 13.9 Å². The van der Waals surface area contributed by atoms with Gasteiger partial charge in [-0.1, -0.05) is 6.07 Å². The Bertz CT molecular complexity index is 1330. The first kappa shape index (κ1) is 22.9. The summed E-state index contributed by atoms with van der Waals surface area (Å²) in [6, 6.07) is 9.20. The minimum atomic E-state index is -0.519. The topological polar surface area (TPSA) is 93.6 Å². The second-order valence-electron chi connectivity index (χ2n) is 8.84. The Morgan fingerprint density at radius 2 is 2.03 bits per heavy atom. The average Bonchev–Trinajstić information content (AvgIpc) is 3.40. The molecule has 0 atom stereocenters. The highest BCUT2D eigenvalue weighted by Gasteiger charge is 2.20. The molecule has 1 aromatic carbocycles. The Kier molecular flexibility index (Phi) is 6.47. The van der Waals surface area contributed by atoms with Crippen molar-refractivity contribution < 1.29 is 18.7 Å². The van der Waals surface area contributed by atoms with Crippen molar-refractivity contribution >= 4 is 39.4 Å². The fourth-order valence-electron chi connectivity index (χ4n) is 3.72. The molecule has 0 aliphatic heterocycles. The second-order valence-corrected chi connectivity index (χ2v) is 9.79. The van der Waals surface area contributed by atoms with Crippen LogP contribution in [0.1, 0.15) is 39.3 Å². The van der Waals surface area contributed by atoms with Crippen LogP contribution in [-0.4, -0.2) is 30.3 Å². The number of hydrogen-bond acceptors (Lipinski definition) is 6. The van der Waals surface area contributed by atoms with Gasteiger partial charge in [-0.2, -0.15) is 0 Å². The van der Waals surface area contributed by atoms with Gasteiger partial charge in [0.25, 0.3) is 0 Å². The zero-order chi connectivity index (χ0) is 23.6. The Labute approximate surface area is 195 Å². The maximum Gasteiger partial charge on any atom is 0.407 e. The first-order valence-corrected chi connectivity index (χ1v) is 11.8. The molecular formula is C25H28N2O5S. The molecule has 0 saturated carbocycles. The van der Waals surface area contributed by atoms with Crippen molar-refractivity contribution in [2.24, 2.45) is 0 Å². The standard InChI is InChI=1S/C25H28N2O5S/c1-25(2,3)32-24(29)26-12-6-5-8-17-23-20(21(27-17)19-9-7-13-33-19)22(28)16-11-10-15(30-4)14-18(16)31-23/h7,9-11,13-14,27H,5-6,8,12H2,1-4H3,(H,26,29). The van der Waals surface area contributed by atoms with Gasteiger partial charge >= 0.3 is 6.09 Å².